The van der Waals surface area contributed by atoms with Gasteiger partial charge in [0.1, 0.15) is 0 Å². The highest BCUT2D eigenvalue weighted by atomic mass is 32.2. The van der Waals surface area contributed by atoms with E-state index in [9.17, 15) is 9.59 Å². The molecule has 1 N–H and O–H groups in total. The Balaban J connectivity index is 1.61. The smallest absolute Gasteiger partial charge is 0.237 e. The Bertz CT molecular complexity index is 1080. The summed E-state index contributed by atoms with van der Waals surface area (Å²) in [7, 11) is 0. The summed E-state index contributed by atoms with van der Waals surface area (Å²) in [5, 5.41) is 3.73. The van der Waals surface area contributed by atoms with Crippen LogP contribution in [0.15, 0.2) is 53.7 Å². The third-order valence-corrected chi connectivity index (χ3v) is 5.97. The van der Waals surface area contributed by atoms with Crippen molar-refractivity contribution in [3.05, 3.63) is 48.5 Å². The van der Waals surface area contributed by atoms with Crippen molar-refractivity contribution in [2.24, 2.45) is 0 Å². The number of para-hydroxylation sites is 4. The molecule has 7 heteroatoms. The van der Waals surface area contributed by atoms with Crippen molar-refractivity contribution in [3.8, 4) is 0 Å². The van der Waals surface area contributed by atoms with Crippen LogP contribution in [0.4, 0.5) is 11.4 Å². The number of aromatic nitrogens is 2. The van der Waals surface area contributed by atoms with Crippen LogP contribution in [-0.4, -0.2) is 33.2 Å². The molecular formula is C22H24N4O2S. The summed E-state index contributed by atoms with van der Waals surface area (Å²) in [5.41, 5.74) is 3.42. The monoisotopic (exact) mass is 408 g/mol. The number of hydrogen-bond acceptors (Lipinski definition) is 4. The van der Waals surface area contributed by atoms with Crippen molar-refractivity contribution in [1.82, 2.24) is 9.55 Å². The summed E-state index contributed by atoms with van der Waals surface area (Å²) in [6.07, 6.45) is 0.273. The first-order valence-electron chi connectivity index (χ1n) is 9.76. The highest BCUT2D eigenvalue weighted by Crippen LogP contribution is 2.33. The Morgan fingerprint density at radius 3 is 2.72 bits per heavy atom. The first-order valence-corrected chi connectivity index (χ1v) is 10.7. The number of nitrogens with one attached hydrogen (secondary N) is 1. The lowest BCUT2D eigenvalue weighted by Gasteiger charge is -2.27. The molecule has 0 radical (unpaired) electrons. The van der Waals surface area contributed by atoms with E-state index in [1.807, 2.05) is 49.4 Å². The molecule has 150 valence electrons. The minimum absolute atomic E-state index is 0.0335. The van der Waals surface area contributed by atoms with Crippen LogP contribution in [0.25, 0.3) is 11.0 Å². The molecule has 0 aliphatic carbocycles. The number of nitrogens with zero attached hydrogens (tertiary/aromatic N) is 3. The SMILES string of the molecule is CC(C)n1c(SCC(=O)N2c3ccccc3NC(=O)C[C@@H]2C)nc2ccccc21. The predicted molar refractivity (Wildman–Crippen MR) is 117 cm³/mol. The zero-order chi connectivity index (χ0) is 20.5. The van der Waals surface area contributed by atoms with Gasteiger partial charge in [-0.3, -0.25) is 9.59 Å². The van der Waals surface area contributed by atoms with E-state index in [1.54, 1.807) is 4.90 Å². The zero-order valence-electron chi connectivity index (χ0n) is 16.8. The quantitative estimate of drug-likeness (QED) is 0.647. The van der Waals surface area contributed by atoms with E-state index >= 15 is 0 Å². The third-order valence-electron chi connectivity index (χ3n) is 5.03. The molecule has 2 heterocycles. The number of carbonyl (C=O) groups excluding carboxylic acids is 2. The number of fused-ring (bicyclic) bond motifs is 2. The second-order valence-electron chi connectivity index (χ2n) is 7.52. The van der Waals surface area contributed by atoms with E-state index < -0.39 is 0 Å². The number of thioether (sulfide) groups is 1. The molecule has 0 spiro atoms. The van der Waals surface area contributed by atoms with Crippen LogP contribution in [0.1, 0.15) is 33.2 Å². The largest absolute Gasteiger partial charge is 0.324 e. The number of rotatable bonds is 4. The first kappa shape index (κ1) is 19.5. The van der Waals surface area contributed by atoms with E-state index in [1.165, 1.54) is 11.8 Å². The van der Waals surface area contributed by atoms with Crippen molar-refractivity contribution >= 4 is 46.0 Å². The molecule has 1 aromatic heterocycles. The molecule has 0 saturated carbocycles. The summed E-state index contributed by atoms with van der Waals surface area (Å²) < 4.78 is 2.16. The number of carbonyl (C=O) groups is 2. The molecule has 6 nitrogen and oxygen atoms in total. The van der Waals surface area contributed by atoms with E-state index in [0.717, 1.165) is 21.9 Å². The van der Waals surface area contributed by atoms with Gasteiger partial charge < -0.3 is 14.8 Å². The van der Waals surface area contributed by atoms with Gasteiger partial charge in [0, 0.05) is 18.5 Å². The molecular weight excluding hydrogens is 384 g/mol. The maximum absolute atomic E-state index is 13.2. The Hall–Kier alpha value is -2.80. The fraction of sp³-hybridized carbons (Fsp3) is 0.318. The molecule has 2 amide bonds. The maximum Gasteiger partial charge on any atom is 0.237 e. The molecule has 29 heavy (non-hydrogen) atoms. The molecule has 0 unspecified atom stereocenters. The summed E-state index contributed by atoms with van der Waals surface area (Å²) >= 11 is 1.44. The molecule has 4 rings (SSSR count). The van der Waals surface area contributed by atoms with Crippen LogP contribution in [0.2, 0.25) is 0 Å². The van der Waals surface area contributed by atoms with Gasteiger partial charge >= 0.3 is 0 Å². The predicted octanol–water partition coefficient (Wildman–Crippen LogP) is 4.47. The van der Waals surface area contributed by atoms with Gasteiger partial charge in [0.25, 0.3) is 0 Å². The van der Waals surface area contributed by atoms with Crippen LogP contribution < -0.4 is 10.2 Å². The van der Waals surface area contributed by atoms with Crippen LogP contribution in [0.5, 0.6) is 0 Å². The van der Waals surface area contributed by atoms with Gasteiger partial charge in [-0.05, 0) is 45.0 Å². The molecule has 1 aliphatic heterocycles. The van der Waals surface area contributed by atoms with Gasteiger partial charge in [-0.1, -0.05) is 36.0 Å². The van der Waals surface area contributed by atoms with Crippen LogP contribution >= 0.6 is 11.8 Å². The Kier molecular flexibility index (Phi) is 5.32. The number of benzene rings is 2. The topological polar surface area (TPSA) is 67.2 Å². The average molecular weight is 409 g/mol. The molecule has 0 fully saturated rings. The van der Waals surface area contributed by atoms with Crippen molar-refractivity contribution in [3.63, 3.8) is 0 Å². The lowest BCUT2D eigenvalue weighted by molar-refractivity contribution is -0.117. The van der Waals surface area contributed by atoms with E-state index in [4.69, 9.17) is 4.98 Å². The van der Waals surface area contributed by atoms with E-state index in [-0.39, 0.29) is 36.1 Å². The highest BCUT2D eigenvalue weighted by molar-refractivity contribution is 7.99. The lowest BCUT2D eigenvalue weighted by Crippen LogP contribution is -2.40. The van der Waals surface area contributed by atoms with Gasteiger partial charge in [0.15, 0.2) is 5.16 Å². The van der Waals surface area contributed by atoms with E-state index in [0.29, 0.717) is 5.69 Å². The number of hydrogen-bond donors (Lipinski definition) is 1. The van der Waals surface area contributed by atoms with E-state index in [2.05, 4.69) is 29.8 Å². The second-order valence-corrected chi connectivity index (χ2v) is 8.46. The third kappa shape index (κ3) is 3.74. The van der Waals surface area contributed by atoms with Crippen LogP contribution in [0, 0.1) is 0 Å². The Labute approximate surface area is 174 Å². The summed E-state index contributed by atoms with van der Waals surface area (Å²) in [6, 6.07) is 15.5. The lowest BCUT2D eigenvalue weighted by atomic mass is 10.2. The van der Waals surface area contributed by atoms with Crippen molar-refractivity contribution in [1.29, 1.82) is 0 Å². The Morgan fingerprint density at radius 1 is 1.21 bits per heavy atom. The zero-order valence-corrected chi connectivity index (χ0v) is 17.6. The number of amides is 2. The highest BCUT2D eigenvalue weighted by Gasteiger charge is 2.29. The van der Waals surface area contributed by atoms with Gasteiger partial charge in [0.05, 0.1) is 28.2 Å². The van der Waals surface area contributed by atoms with Crippen molar-refractivity contribution in [2.45, 2.75) is 44.4 Å². The normalized spacial score (nSPS) is 16.6. The van der Waals surface area contributed by atoms with Crippen molar-refractivity contribution in [2.75, 3.05) is 16.0 Å². The fourth-order valence-electron chi connectivity index (χ4n) is 3.79. The van der Waals surface area contributed by atoms with Gasteiger partial charge in [-0.25, -0.2) is 4.98 Å². The molecule has 3 aromatic rings. The van der Waals surface area contributed by atoms with Gasteiger partial charge in [0.2, 0.25) is 11.8 Å². The minimum atomic E-state index is -0.212. The summed E-state index contributed by atoms with van der Waals surface area (Å²) in [6.45, 7) is 6.14. The Morgan fingerprint density at radius 2 is 1.93 bits per heavy atom. The fourth-order valence-corrected chi connectivity index (χ4v) is 4.79. The van der Waals surface area contributed by atoms with Crippen LogP contribution in [0.3, 0.4) is 0 Å². The van der Waals surface area contributed by atoms with Gasteiger partial charge in [-0.15, -0.1) is 0 Å². The molecule has 0 saturated heterocycles. The molecule has 2 aromatic carbocycles. The van der Waals surface area contributed by atoms with Crippen LogP contribution in [-0.2, 0) is 9.59 Å². The summed E-state index contributed by atoms with van der Waals surface area (Å²) in [4.78, 5) is 31.9. The molecule has 1 atom stereocenters. The maximum atomic E-state index is 13.2. The second kappa shape index (κ2) is 7.91. The average Bonchev–Trinajstić information content (AvgIpc) is 3.00. The molecule has 1 aliphatic rings. The number of imidazole rings is 1. The van der Waals surface area contributed by atoms with Gasteiger partial charge in [-0.2, -0.15) is 0 Å². The number of anilines is 2. The van der Waals surface area contributed by atoms with Crippen molar-refractivity contribution < 1.29 is 9.59 Å². The first-order chi connectivity index (χ1) is 14.0. The molecule has 0 bridgehead atoms. The standard InChI is InChI=1S/C22H24N4O2S/c1-14(2)25-18-10-6-5-9-17(18)24-22(25)29-13-21(28)26-15(3)12-20(27)23-16-8-4-7-11-19(16)26/h4-11,14-15H,12-13H2,1-3H3,(H,23,27)/t15-/m0/s1. The summed E-state index contributed by atoms with van der Waals surface area (Å²) in [5.74, 6) is 0.145. The minimum Gasteiger partial charge on any atom is -0.324 e.